The Hall–Kier alpha value is -0.160. The Bertz CT molecular complexity index is 195. The Morgan fingerprint density at radius 1 is 0.875 bits per heavy atom. The second kappa shape index (κ2) is 5.96. The Balaban J connectivity index is 1.77. The molecule has 2 fully saturated rings. The molecule has 0 aromatic rings. The highest BCUT2D eigenvalue weighted by atomic mass is 17.3. The normalized spacial score (nSPS) is 26.8. The summed E-state index contributed by atoms with van der Waals surface area (Å²) in [6.07, 6.45) is 10.7. The Morgan fingerprint density at radius 2 is 1.50 bits per heavy atom. The van der Waals surface area contributed by atoms with Crippen molar-refractivity contribution in [3.63, 3.8) is 0 Å². The van der Waals surface area contributed by atoms with Crippen LogP contribution in [0.4, 0.5) is 0 Å². The van der Waals surface area contributed by atoms with Crippen LogP contribution in [-0.4, -0.2) is 17.1 Å². The fourth-order valence-corrected chi connectivity index (χ4v) is 2.60. The van der Waals surface area contributed by atoms with E-state index in [0.29, 0.717) is 0 Å². The van der Waals surface area contributed by atoms with E-state index >= 15 is 0 Å². The van der Waals surface area contributed by atoms with Crippen molar-refractivity contribution >= 4 is 0 Å². The molecule has 0 amide bonds. The van der Waals surface area contributed by atoms with E-state index in [4.69, 9.17) is 15.0 Å². The van der Waals surface area contributed by atoms with E-state index in [1.165, 1.54) is 25.7 Å². The van der Waals surface area contributed by atoms with E-state index in [2.05, 4.69) is 4.89 Å². The van der Waals surface area contributed by atoms with Gasteiger partial charge in [-0.1, -0.05) is 25.7 Å². The van der Waals surface area contributed by atoms with Gasteiger partial charge in [0, 0.05) is 12.8 Å². The third kappa shape index (κ3) is 3.17. The van der Waals surface area contributed by atoms with Crippen molar-refractivity contribution in [1.82, 2.24) is 0 Å². The molecular formula is C12H22O4. The van der Waals surface area contributed by atoms with Crippen LogP contribution in [0.25, 0.3) is 0 Å². The van der Waals surface area contributed by atoms with Crippen molar-refractivity contribution in [3.05, 3.63) is 0 Å². The second-order valence-corrected chi connectivity index (χ2v) is 5.00. The Kier molecular flexibility index (Phi) is 4.58. The minimum absolute atomic E-state index is 0.183. The lowest BCUT2D eigenvalue weighted by Gasteiger charge is -2.34. The van der Waals surface area contributed by atoms with E-state index < -0.39 is 5.79 Å². The molecule has 94 valence electrons. The first-order chi connectivity index (χ1) is 7.85. The standard InChI is InChI=1S/C12H22O4/c13-15-12(9-5-2-6-10-12)16-14-11-7-3-1-4-8-11/h11,13H,1-10H2. The van der Waals surface area contributed by atoms with Gasteiger partial charge in [-0.3, -0.25) is 0 Å². The topological polar surface area (TPSA) is 47.9 Å². The van der Waals surface area contributed by atoms with Crippen molar-refractivity contribution in [3.8, 4) is 0 Å². The summed E-state index contributed by atoms with van der Waals surface area (Å²) >= 11 is 0. The fourth-order valence-electron chi connectivity index (χ4n) is 2.60. The maximum Gasteiger partial charge on any atom is 0.233 e. The molecule has 4 heteroatoms. The van der Waals surface area contributed by atoms with Gasteiger partial charge in [0.15, 0.2) is 0 Å². The summed E-state index contributed by atoms with van der Waals surface area (Å²) in [5.41, 5.74) is 0. The zero-order valence-electron chi connectivity index (χ0n) is 9.82. The van der Waals surface area contributed by atoms with Gasteiger partial charge in [0.05, 0.1) is 6.10 Å². The number of hydrogen-bond acceptors (Lipinski definition) is 4. The molecule has 0 radical (unpaired) electrons. The average Bonchev–Trinajstić information content (AvgIpc) is 2.39. The van der Waals surface area contributed by atoms with Crippen LogP contribution in [0.5, 0.6) is 0 Å². The highest BCUT2D eigenvalue weighted by Crippen LogP contribution is 2.33. The van der Waals surface area contributed by atoms with Crippen LogP contribution in [0.3, 0.4) is 0 Å². The van der Waals surface area contributed by atoms with Gasteiger partial charge in [0.2, 0.25) is 5.79 Å². The van der Waals surface area contributed by atoms with Crippen molar-refractivity contribution in [1.29, 1.82) is 0 Å². The quantitative estimate of drug-likeness (QED) is 0.456. The highest BCUT2D eigenvalue weighted by molar-refractivity contribution is 4.73. The lowest BCUT2D eigenvalue weighted by molar-refractivity contribution is -0.515. The van der Waals surface area contributed by atoms with Gasteiger partial charge in [0.1, 0.15) is 0 Å². The minimum Gasteiger partial charge on any atom is -0.249 e. The van der Waals surface area contributed by atoms with Crippen molar-refractivity contribution in [2.75, 3.05) is 0 Å². The maximum absolute atomic E-state index is 8.97. The van der Waals surface area contributed by atoms with Gasteiger partial charge >= 0.3 is 0 Å². The van der Waals surface area contributed by atoms with Gasteiger partial charge in [0.25, 0.3) is 0 Å². The molecule has 0 aliphatic heterocycles. The molecule has 0 aromatic heterocycles. The molecule has 16 heavy (non-hydrogen) atoms. The second-order valence-electron chi connectivity index (χ2n) is 5.00. The predicted octanol–water partition coefficient (Wildman–Crippen LogP) is 3.42. The van der Waals surface area contributed by atoms with Crippen LogP contribution >= 0.6 is 0 Å². The van der Waals surface area contributed by atoms with Crippen LogP contribution in [-0.2, 0) is 14.7 Å². The largest absolute Gasteiger partial charge is 0.249 e. The highest BCUT2D eigenvalue weighted by Gasteiger charge is 2.37. The van der Waals surface area contributed by atoms with E-state index in [-0.39, 0.29) is 6.10 Å². The molecule has 1 N–H and O–H groups in total. The summed E-state index contributed by atoms with van der Waals surface area (Å²) in [4.78, 5) is 15.3. The van der Waals surface area contributed by atoms with Gasteiger partial charge in [-0.2, -0.15) is 4.89 Å². The van der Waals surface area contributed by atoms with E-state index in [9.17, 15) is 0 Å². The third-order valence-electron chi connectivity index (χ3n) is 3.67. The first kappa shape index (κ1) is 12.3. The Morgan fingerprint density at radius 3 is 2.12 bits per heavy atom. The van der Waals surface area contributed by atoms with Crippen LogP contribution in [0, 0.1) is 0 Å². The smallest absolute Gasteiger partial charge is 0.233 e. The molecule has 2 saturated carbocycles. The first-order valence-electron chi connectivity index (χ1n) is 6.52. The zero-order valence-corrected chi connectivity index (χ0v) is 9.82. The predicted molar refractivity (Wildman–Crippen MR) is 58.6 cm³/mol. The van der Waals surface area contributed by atoms with Crippen molar-refractivity contribution < 1.29 is 19.9 Å². The molecule has 2 aliphatic carbocycles. The molecule has 0 aromatic carbocycles. The lowest BCUT2D eigenvalue weighted by Crippen LogP contribution is -2.38. The molecule has 4 nitrogen and oxygen atoms in total. The van der Waals surface area contributed by atoms with Crippen LogP contribution in [0.2, 0.25) is 0 Å². The van der Waals surface area contributed by atoms with Crippen molar-refractivity contribution in [2.24, 2.45) is 0 Å². The molecule has 2 rings (SSSR count). The van der Waals surface area contributed by atoms with Gasteiger partial charge in [-0.25, -0.2) is 15.0 Å². The molecule has 2 aliphatic rings. The average molecular weight is 230 g/mol. The van der Waals surface area contributed by atoms with Gasteiger partial charge in [-0.05, 0) is 25.7 Å². The third-order valence-corrected chi connectivity index (χ3v) is 3.67. The SMILES string of the molecule is OOC1(OOC2CCCCC2)CCCCC1. The summed E-state index contributed by atoms with van der Waals surface area (Å²) in [6.45, 7) is 0. The molecule has 0 saturated heterocycles. The molecular weight excluding hydrogens is 208 g/mol. The fraction of sp³-hybridized carbons (Fsp3) is 1.00. The zero-order chi connectivity index (χ0) is 11.3. The lowest BCUT2D eigenvalue weighted by atomic mass is 9.94. The van der Waals surface area contributed by atoms with E-state index in [1.807, 2.05) is 0 Å². The van der Waals surface area contributed by atoms with Crippen LogP contribution in [0.1, 0.15) is 64.2 Å². The summed E-state index contributed by atoms with van der Waals surface area (Å²) in [5.74, 6) is -0.893. The molecule has 0 spiro atoms. The maximum atomic E-state index is 8.97. The summed E-state index contributed by atoms with van der Waals surface area (Å²) in [7, 11) is 0. The monoisotopic (exact) mass is 230 g/mol. The van der Waals surface area contributed by atoms with Gasteiger partial charge < -0.3 is 0 Å². The van der Waals surface area contributed by atoms with E-state index in [0.717, 1.165) is 38.5 Å². The molecule has 0 atom stereocenters. The molecule has 0 unspecified atom stereocenters. The Labute approximate surface area is 96.7 Å². The molecule has 0 heterocycles. The summed E-state index contributed by atoms with van der Waals surface area (Å²) < 4.78 is 0. The summed E-state index contributed by atoms with van der Waals surface area (Å²) in [6, 6.07) is 0. The van der Waals surface area contributed by atoms with Crippen LogP contribution < -0.4 is 0 Å². The molecule has 0 bridgehead atoms. The first-order valence-corrected chi connectivity index (χ1v) is 6.52. The number of hydrogen-bond donors (Lipinski definition) is 1. The van der Waals surface area contributed by atoms with Gasteiger partial charge in [-0.15, -0.1) is 0 Å². The van der Waals surface area contributed by atoms with E-state index in [1.54, 1.807) is 0 Å². The summed E-state index contributed by atoms with van der Waals surface area (Å²) in [5, 5.41) is 8.97. The minimum atomic E-state index is -0.893. The van der Waals surface area contributed by atoms with Crippen molar-refractivity contribution in [2.45, 2.75) is 76.1 Å². The number of rotatable bonds is 4. The van der Waals surface area contributed by atoms with Crippen LogP contribution in [0.15, 0.2) is 0 Å².